The Morgan fingerprint density at radius 1 is 1.20 bits per heavy atom. The van der Waals surface area contributed by atoms with E-state index in [0.29, 0.717) is 12.6 Å². The number of amides is 1. The molecule has 0 aromatic heterocycles. The van der Waals surface area contributed by atoms with Crippen molar-refractivity contribution in [2.75, 3.05) is 13.1 Å². The highest BCUT2D eigenvalue weighted by Gasteiger charge is 2.18. The molecule has 1 aliphatic rings. The summed E-state index contributed by atoms with van der Waals surface area (Å²) in [6, 6.07) is 0.502. The average molecular weight is 284 g/mol. The monoisotopic (exact) mass is 284 g/mol. The summed E-state index contributed by atoms with van der Waals surface area (Å²) in [6.07, 6.45) is 7.26. The molecular formula is C15H28N2O3. The molecule has 1 saturated carbocycles. The SMILES string of the molecule is CC(C)(C)OC(=O)NC/C=C/CNC1CCC(O)CC1. The lowest BCUT2D eigenvalue weighted by Gasteiger charge is -2.25. The number of hydrogen-bond acceptors (Lipinski definition) is 4. The van der Waals surface area contributed by atoms with Gasteiger partial charge in [0.2, 0.25) is 0 Å². The minimum atomic E-state index is -0.457. The van der Waals surface area contributed by atoms with Gasteiger partial charge in [0.1, 0.15) is 5.60 Å². The van der Waals surface area contributed by atoms with Gasteiger partial charge in [0.05, 0.1) is 6.10 Å². The molecule has 1 aliphatic carbocycles. The van der Waals surface area contributed by atoms with Gasteiger partial charge in [-0.2, -0.15) is 0 Å². The van der Waals surface area contributed by atoms with E-state index in [0.717, 1.165) is 32.2 Å². The van der Waals surface area contributed by atoms with E-state index in [2.05, 4.69) is 10.6 Å². The summed E-state index contributed by atoms with van der Waals surface area (Å²) in [5, 5.41) is 15.5. The summed E-state index contributed by atoms with van der Waals surface area (Å²) in [4.78, 5) is 11.4. The van der Waals surface area contributed by atoms with Crippen molar-refractivity contribution in [2.24, 2.45) is 0 Å². The topological polar surface area (TPSA) is 70.6 Å². The second-order valence-corrected chi connectivity index (χ2v) is 6.27. The Bertz CT molecular complexity index is 316. The zero-order valence-corrected chi connectivity index (χ0v) is 12.8. The van der Waals surface area contributed by atoms with Crippen LogP contribution < -0.4 is 10.6 Å². The van der Waals surface area contributed by atoms with E-state index in [9.17, 15) is 9.90 Å². The lowest BCUT2D eigenvalue weighted by Crippen LogP contribution is -2.34. The highest BCUT2D eigenvalue weighted by atomic mass is 16.6. The van der Waals surface area contributed by atoms with E-state index >= 15 is 0 Å². The second kappa shape index (κ2) is 8.27. The van der Waals surface area contributed by atoms with Crippen molar-refractivity contribution in [3.05, 3.63) is 12.2 Å². The Morgan fingerprint density at radius 2 is 1.80 bits per heavy atom. The minimum absolute atomic E-state index is 0.110. The van der Waals surface area contributed by atoms with E-state index < -0.39 is 11.7 Å². The number of carbonyl (C=O) groups excluding carboxylic acids is 1. The summed E-state index contributed by atoms with van der Waals surface area (Å²) in [7, 11) is 0. The van der Waals surface area contributed by atoms with Crippen molar-refractivity contribution < 1.29 is 14.6 Å². The first-order valence-corrected chi connectivity index (χ1v) is 7.40. The zero-order chi connectivity index (χ0) is 15.0. The van der Waals surface area contributed by atoms with Crippen molar-refractivity contribution in [3.8, 4) is 0 Å². The van der Waals surface area contributed by atoms with Crippen LogP contribution in [0.5, 0.6) is 0 Å². The summed E-state index contributed by atoms with van der Waals surface area (Å²) >= 11 is 0. The van der Waals surface area contributed by atoms with Gasteiger partial charge in [-0.1, -0.05) is 12.2 Å². The fourth-order valence-electron chi connectivity index (χ4n) is 2.14. The fraction of sp³-hybridized carbons (Fsp3) is 0.800. The van der Waals surface area contributed by atoms with Gasteiger partial charge >= 0.3 is 6.09 Å². The van der Waals surface area contributed by atoms with Crippen LogP contribution in [0.1, 0.15) is 46.5 Å². The van der Waals surface area contributed by atoms with Crippen molar-refractivity contribution in [3.63, 3.8) is 0 Å². The van der Waals surface area contributed by atoms with Crippen molar-refractivity contribution >= 4 is 6.09 Å². The molecule has 1 fully saturated rings. The molecule has 0 atom stereocenters. The van der Waals surface area contributed by atoms with Gasteiger partial charge in [-0.25, -0.2) is 4.79 Å². The minimum Gasteiger partial charge on any atom is -0.444 e. The van der Waals surface area contributed by atoms with E-state index in [1.165, 1.54) is 0 Å². The lowest BCUT2D eigenvalue weighted by molar-refractivity contribution is 0.0534. The smallest absolute Gasteiger partial charge is 0.407 e. The van der Waals surface area contributed by atoms with Crippen LogP contribution in [0.2, 0.25) is 0 Å². The van der Waals surface area contributed by atoms with Crippen molar-refractivity contribution in [2.45, 2.75) is 64.2 Å². The van der Waals surface area contributed by atoms with Crippen LogP contribution >= 0.6 is 0 Å². The van der Waals surface area contributed by atoms with Gasteiger partial charge in [0.25, 0.3) is 0 Å². The third-order valence-corrected chi connectivity index (χ3v) is 3.15. The Hall–Kier alpha value is -1.07. The van der Waals surface area contributed by atoms with Crippen LogP contribution in [-0.4, -0.2) is 42.0 Å². The molecule has 0 bridgehead atoms. The molecule has 5 heteroatoms. The molecule has 0 aromatic carbocycles. The molecule has 5 nitrogen and oxygen atoms in total. The van der Waals surface area contributed by atoms with E-state index in [4.69, 9.17) is 4.74 Å². The third-order valence-electron chi connectivity index (χ3n) is 3.15. The number of carbonyl (C=O) groups is 1. The zero-order valence-electron chi connectivity index (χ0n) is 12.8. The molecule has 1 amide bonds. The first kappa shape index (κ1) is 17.0. The van der Waals surface area contributed by atoms with E-state index in [-0.39, 0.29) is 6.10 Å². The van der Waals surface area contributed by atoms with Gasteiger partial charge in [0, 0.05) is 19.1 Å². The maximum absolute atomic E-state index is 11.4. The normalized spacial score (nSPS) is 23.8. The number of aliphatic hydroxyl groups excluding tert-OH is 1. The fourth-order valence-corrected chi connectivity index (χ4v) is 2.14. The van der Waals surface area contributed by atoms with Gasteiger partial charge in [-0.05, 0) is 46.5 Å². The molecule has 1 rings (SSSR count). The van der Waals surface area contributed by atoms with Crippen LogP contribution in [0.4, 0.5) is 4.79 Å². The highest BCUT2D eigenvalue weighted by molar-refractivity contribution is 5.67. The average Bonchev–Trinajstić information content (AvgIpc) is 2.33. The lowest BCUT2D eigenvalue weighted by atomic mass is 9.93. The van der Waals surface area contributed by atoms with Gasteiger partial charge < -0.3 is 20.5 Å². The van der Waals surface area contributed by atoms with Crippen LogP contribution in [-0.2, 0) is 4.74 Å². The maximum Gasteiger partial charge on any atom is 0.407 e. The quantitative estimate of drug-likeness (QED) is 0.675. The van der Waals surface area contributed by atoms with Gasteiger partial charge in [-0.15, -0.1) is 0 Å². The number of hydrogen-bond donors (Lipinski definition) is 3. The highest BCUT2D eigenvalue weighted by Crippen LogP contribution is 2.17. The molecule has 0 spiro atoms. The first-order valence-electron chi connectivity index (χ1n) is 7.40. The van der Waals surface area contributed by atoms with Crippen LogP contribution in [0.3, 0.4) is 0 Å². The van der Waals surface area contributed by atoms with Crippen LogP contribution in [0.15, 0.2) is 12.2 Å². The Morgan fingerprint density at radius 3 is 2.40 bits per heavy atom. The number of rotatable bonds is 5. The Balaban J connectivity index is 2.03. The third kappa shape index (κ3) is 8.17. The first-order chi connectivity index (χ1) is 9.37. The van der Waals surface area contributed by atoms with Gasteiger partial charge in [0.15, 0.2) is 0 Å². The predicted octanol–water partition coefficient (Wildman–Crippen LogP) is 1.96. The molecule has 0 radical (unpaired) electrons. The van der Waals surface area contributed by atoms with Crippen molar-refractivity contribution in [1.29, 1.82) is 0 Å². The molecule has 0 aromatic rings. The maximum atomic E-state index is 11.4. The molecule has 0 unspecified atom stereocenters. The molecule has 20 heavy (non-hydrogen) atoms. The number of nitrogens with one attached hydrogen (secondary N) is 2. The van der Waals surface area contributed by atoms with Crippen LogP contribution in [0, 0.1) is 0 Å². The second-order valence-electron chi connectivity index (χ2n) is 6.27. The summed E-state index contributed by atoms with van der Waals surface area (Å²) < 4.78 is 5.13. The summed E-state index contributed by atoms with van der Waals surface area (Å²) in [6.45, 7) is 6.78. The van der Waals surface area contributed by atoms with Crippen LogP contribution in [0.25, 0.3) is 0 Å². The van der Waals surface area contributed by atoms with Crippen molar-refractivity contribution in [1.82, 2.24) is 10.6 Å². The largest absolute Gasteiger partial charge is 0.444 e. The number of ether oxygens (including phenoxy) is 1. The molecule has 0 aliphatic heterocycles. The summed E-state index contributed by atoms with van der Waals surface area (Å²) in [5.74, 6) is 0. The van der Waals surface area contributed by atoms with E-state index in [1.807, 2.05) is 32.9 Å². The molecular weight excluding hydrogens is 256 g/mol. The number of alkyl carbamates (subject to hydrolysis) is 1. The predicted molar refractivity (Wildman–Crippen MR) is 79.6 cm³/mol. The standard InChI is InChI=1S/C15H28N2O3/c1-15(2,3)20-14(19)17-11-5-4-10-16-12-6-8-13(18)9-7-12/h4-5,12-13,16,18H,6-11H2,1-3H3,(H,17,19)/b5-4+. The molecule has 0 saturated heterocycles. The molecule has 116 valence electrons. The number of aliphatic hydroxyl groups is 1. The Kier molecular flexibility index (Phi) is 7.02. The van der Waals surface area contributed by atoms with Gasteiger partial charge in [-0.3, -0.25) is 0 Å². The molecule has 3 N–H and O–H groups in total. The van der Waals surface area contributed by atoms with E-state index in [1.54, 1.807) is 0 Å². The Labute approximate surface area is 121 Å². The summed E-state index contributed by atoms with van der Waals surface area (Å²) in [5.41, 5.74) is -0.457. The molecule has 0 heterocycles.